The molecule has 1 saturated carbocycles. The number of methoxy groups -OCH3 is 1. The predicted octanol–water partition coefficient (Wildman–Crippen LogP) is 3.96. The summed E-state index contributed by atoms with van der Waals surface area (Å²) in [5, 5.41) is 4.32. The van der Waals surface area contributed by atoms with Crippen LogP contribution >= 0.6 is 22.9 Å². The van der Waals surface area contributed by atoms with E-state index in [0.717, 1.165) is 18.8 Å². The quantitative estimate of drug-likeness (QED) is 0.855. The van der Waals surface area contributed by atoms with Gasteiger partial charge in [-0.3, -0.25) is 0 Å². The SMILES string of the molecule is CCC1CCC(Nc2nc(Cl)c(C(=O)OC)s2)CC1. The molecule has 1 N–H and O–H groups in total. The smallest absolute Gasteiger partial charge is 0.351 e. The zero-order chi connectivity index (χ0) is 13.8. The highest BCUT2D eigenvalue weighted by Crippen LogP contribution is 2.32. The van der Waals surface area contributed by atoms with Gasteiger partial charge in [0.1, 0.15) is 0 Å². The van der Waals surface area contributed by atoms with Crippen LogP contribution < -0.4 is 5.32 Å². The minimum absolute atomic E-state index is 0.224. The van der Waals surface area contributed by atoms with Gasteiger partial charge in [0.15, 0.2) is 15.2 Å². The third-order valence-corrected chi connectivity index (χ3v) is 5.06. The van der Waals surface area contributed by atoms with Crippen LogP contribution in [0.3, 0.4) is 0 Å². The van der Waals surface area contributed by atoms with Crippen LogP contribution in [-0.4, -0.2) is 24.1 Å². The molecule has 2 rings (SSSR count). The van der Waals surface area contributed by atoms with E-state index in [4.69, 9.17) is 11.6 Å². The number of thiazole rings is 1. The van der Waals surface area contributed by atoms with Crippen molar-refractivity contribution in [3.05, 3.63) is 10.0 Å². The van der Waals surface area contributed by atoms with E-state index in [1.807, 2.05) is 0 Å². The minimum Gasteiger partial charge on any atom is -0.465 e. The van der Waals surface area contributed by atoms with Gasteiger partial charge in [0.25, 0.3) is 0 Å². The molecular formula is C13H19ClN2O2S. The molecular weight excluding hydrogens is 284 g/mol. The number of aromatic nitrogens is 1. The zero-order valence-electron chi connectivity index (χ0n) is 11.2. The highest BCUT2D eigenvalue weighted by Gasteiger charge is 2.22. The molecule has 0 radical (unpaired) electrons. The van der Waals surface area contributed by atoms with Crippen LogP contribution in [0.2, 0.25) is 5.15 Å². The molecule has 1 aliphatic carbocycles. The number of hydrogen-bond acceptors (Lipinski definition) is 5. The van der Waals surface area contributed by atoms with Gasteiger partial charge in [0.2, 0.25) is 0 Å². The first kappa shape index (κ1) is 14.6. The lowest BCUT2D eigenvalue weighted by Crippen LogP contribution is -2.25. The highest BCUT2D eigenvalue weighted by molar-refractivity contribution is 7.18. The van der Waals surface area contributed by atoms with E-state index >= 15 is 0 Å². The molecule has 106 valence electrons. The molecule has 4 nitrogen and oxygen atoms in total. The maximum atomic E-state index is 11.5. The average molecular weight is 303 g/mol. The first-order valence-corrected chi connectivity index (χ1v) is 7.84. The third kappa shape index (κ3) is 3.60. The number of carbonyl (C=O) groups is 1. The van der Waals surface area contributed by atoms with Crippen molar-refractivity contribution >= 4 is 34.0 Å². The fourth-order valence-electron chi connectivity index (χ4n) is 2.47. The van der Waals surface area contributed by atoms with E-state index in [1.165, 1.54) is 37.7 Å². The summed E-state index contributed by atoms with van der Waals surface area (Å²) in [7, 11) is 1.34. The van der Waals surface area contributed by atoms with Gasteiger partial charge in [0.05, 0.1) is 7.11 Å². The topological polar surface area (TPSA) is 51.2 Å². The Hall–Kier alpha value is -0.810. The van der Waals surface area contributed by atoms with Crippen molar-refractivity contribution in [2.45, 2.75) is 45.1 Å². The van der Waals surface area contributed by atoms with Gasteiger partial charge in [-0.05, 0) is 31.6 Å². The largest absolute Gasteiger partial charge is 0.465 e. The fourth-order valence-corrected chi connectivity index (χ4v) is 3.65. The summed E-state index contributed by atoms with van der Waals surface area (Å²) in [4.78, 5) is 16.0. The zero-order valence-corrected chi connectivity index (χ0v) is 12.8. The van der Waals surface area contributed by atoms with Crippen LogP contribution in [0.15, 0.2) is 0 Å². The van der Waals surface area contributed by atoms with E-state index in [-0.39, 0.29) is 5.15 Å². The highest BCUT2D eigenvalue weighted by atomic mass is 35.5. The summed E-state index contributed by atoms with van der Waals surface area (Å²) >= 11 is 7.20. The number of esters is 1. The maximum absolute atomic E-state index is 11.5. The van der Waals surface area contributed by atoms with Gasteiger partial charge < -0.3 is 10.1 Å². The molecule has 0 spiro atoms. The maximum Gasteiger partial charge on any atom is 0.351 e. The van der Waals surface area contributed by atoms with Gasteiger partial charge in [-0.15, -0.1) is 0 Å². The number of ether oxygens (including phenoxy) is 1. The Labute approximate surface area is 122 Å². The molecule has 0 atom stereocenters. The van der Waals surface area contributed by atoms with Crippen LogP contribution in [0.4, 0.5) is 5.13 Å². The molecule has 6 heteroatoms. The molecule has 1 aromatic rings. The molecule has 0 unspecified atom stereocenters. The first-order valence-electron chi connectivity index (χ1n) is 6.65. The number of rotatable bonds is 4. The first-order chi connectivity index (χ1) is 9.13. The number of carbonyl (C=O) groups excluding carboxylic acids is 1. The number of hydrogen-bond donors (Lipinski definition) is 1. The second-order valence-corrected chi connectivity index (χ2v) is 6.26. The van der Waals surface area contributed by atoms with E-state index in [1.54, 1.807) is 0 Å². The lowest BCUT2D eigenvalue weighted by Gasteiger charge is -2.28. The van der Waals surface area contributed by atoms with E-state index in [0.29, 0.717) is 16.1 Å². The molecule has 0 aliphatic heterocycles. The summed E-state index contributed by atoms with van der Waals surface area (Å²) in [5.41, 5.74) is 0. The van der Waals surface area contributed by atoms with Gasteiger partial charge in [0, 0.05) is 6.04 Å². The molecule has 1 fully saturated rings. The average Bonchev–Trinajstić information content (AvgIpc) is 2.79. The van der Waals surface area contributed by atoms with Crippen molar-refractivity contribution in [3.8, 4) is 0 Å². The van der Waals surface area contributed by atoms with Crippen LogP contribution in [0.1, 0.15) is 48.7 Å². The van der Waals surface area contributed by atoms with Crippen LogP contribution in [0, 0.1) is 5.92 Å². The standard InChI is InChI=1S/C13H19ClN2O2S/c1-3-8-4-6-9(7-5-8)15-13-16-11(14)10(19-13)12(17)18-2/h8-9H,3-7H2,1-2H3,(H,15,16). The van der Waals surface area contributed by atoms with Crippen LogP contribution in [-0.2, 0) is 4.74 Å². The number of nitrogens with zero attached hydrogens (tertiary/aromatic N) is 1. The summed E-state index contributed by atoms with van der Waals surface area (Å²) in [6, 6.07) is 0.440. The minimum atomic E-state index is -0.426. The molecule has 0 amide bonds. The van der Waals surface area contributed by atoms with Crippen molar-refractivity contribution in [2.75, 3.05) is 12.4 Å². The van der Waals surface area contributed by atoms with E-state index in [9.17, 15) is 4.79 Å². The van der Waals surface area contributed by atoms with Crippen molar-refractivity contribution in [1.29, 1.82) is 0 Å². The Balaban J connectivity index is 1.95. The van der Waals surface area contributed by atoms with Crippen LogP contribution in [0.5, 0.6) is 0 Å². The van der Waals surface area contributed by atoms with E-state index < -0.39 is 5.97 Å². The van der Waals surface area contributed by atoms with Crippen LogP contribution in [0.25, 0.3) is 0 Å². The van der Waals surface area contributed by atoms with Gasteiger partial charge >= 0.3 is 5.97 Å². The van der Waals surface area contributed by atoms with Crippen molar-refractivity contribution in [2.24, 2.45) is 5.92 Å². The monoisotopic (exact) mass is 302 g/mol. The fraction of sp³-hybridized carbons (Fsp3) is 0.692. The molecule has 0 aromatic carbocycles. The second kappa shape index (κ2) is 6.57. The summed E-state index contributed by atoms with van der Waals surface area (Å²) in [6.07, 6.45) is 6.10. The normalized spacial score (nSPS) is 23.1. The Morgan fingerprint density at radius 1 is 1.47 bits per heavy atom. The summed E-state index contributed by atoms with van der Waals surface area (Å²) in [6.45, 7) is 2.25. The molecule has 1 aliphatic rings. The Morgan fingerprint density at radius 2 is 2.16 bits per heavy atom. The predicted molar refractivity (Wildman–Crippen MR) is 78.1 cm³/mol. The number of nitrogens with one attached hydrogen (secondary N) is 1. The molecule has 0 bridgehead atoms. The third-order valence-electron chi connectivity index (χ3n) is 3.71. The Morgan fingerprint density at radius 3 is 2.74 bits per heavy atom. The van der Waals surface area contributed by atoms with Crippen molar-refractivity contribution in [3.63, 3.8) is 0 Å². The number of halogens is 1. The van der Waals surface area contributed by atoms with Gasteiger partial charge in [-0.2, -0.15) is 0 Å². The lowest BCUT2D eigenvalue weighted by molar-refractivity contribution is 0.0606. The molecule has 0 saturated heterocycles. The van der Waals surface area contributed by atoms with Crippen molar-refractivity contribution in [1.82, 2.24) is 4.98 Å². The van der Waals surface area contributed by atoms with Crippen molar-refractivity contribution < 1.29 is 9.53 Å². The molecule has 1 heterocycles. The number of anilines is 1. The second-order valence-electron chi connectivity index (χ2n) is 4.90. The lowest BCUT2D eigenvalue weighted by atomic mass is 9.85. The molecule has 19 heavy (non-hydrogen) atoms. The Bertz CT molecular complexity index is 442. The Kier molecular flexibility index (Phi) is 5.05. The molecule has 1 aromatic heterocycles. The van der Waals surface area contributed by atoms with E-state index in [2.05, 4.69) is 22.0 Å². The van der Waals surface area contributed by atoms with Gasteiger partial charge in [-0.1, -0.05) is 36.3 Å². The summed E-state index contributed by atoms with van der Waals surface area (Å²) < 4.78 is 4.67. The summed E-state index contributed by atoms with van der Waals surface area (Å²) in [5.74, 6) is 0.439. The van der Waals surface area contributed by atoms with Gasteiger partial charge in [-0.25, -0.2) is 9.78 Å².